The Balaban J connectivity index is 2.88. The zero-order valence-corrected chi connectivity index (χ0v) is 10.6. The van der Waals surface area contributed by atoms with Gasteiger partial charge in [0, 0.05) is 14.8 Å². The maximum Gasteiger partial charge on any atom is 0.119 e. The number of benzene rings is 1. The zero-order chi connectivity index (χ0) is 10.1. The molecular formula is C10H6BrNS2. The number of thioether (sulfide) groups is 1. The van der Waals surface area contributed by atoms with Crippen molar-refractivity contribution in [3.8, 4) is 6.07 Å². The van der Waals surface area contributed by atoms with Crippen molar-refractivity contribution < 1.29 is 0 Å². The molecule has 0 bridgehead atoms. The molecule has 0 fully saturated rings. The van der Waals surface area contributed by atoms with E-state index >= 15 is 0 Å². The lowest BCUT2D eigenvalue weighted by atomic mass is 10.2. The molecule has 0 saturated heterocycles. The summed E-state index contributed by atoms with van der Waals surface area (Å²) in [6, 6.07) is 8.30. The average Bonchev–Trinajstić information content (AvgIpc) is 2.57. The molecule has 0 spiro atoms. The van der Waals surface area contributed by atoms with Gasteiger partial charge in [0.25, 0.3) is 0 Å². The van der Waals surface area contributed by atoms with Gasteiger partial charge in [0.2, 0.25) is 0 Å². The minimum Gasteiger partial charge on any atom is -0.191 e. The van der Waals surface area contributed by atoms with Crippen molar-refractivity contribution in [2.75, 3.05) is 6.26 Å². The van der Waals surface area contributed by atoms with E-state index in [0.717, 1.165) is 18.9 Å². The first kappa shape index (κ1) is 10.0. The van der Waals surface area contributed by atoms with Crippen molar-refractivity contribution in [2.45, 2.75) is 4.90 Å². The Hall–Kier alpha value is -0.500. The van der Waals surface area contributed by atoms with Gasteiger partial charge in [0.05, 0.1) is 4.70 Å². The molecule has 4 heteroatoms. The summed E-state index contributed by atoms with van der Waals surface area (Å²) in [4.78, 5) is 1.90. The highest BCUT2D eigenvalue weighted by molar-refractivity contribution is 9.10. The standard InChI is InChI=1S/C10H6BrNS2/c1-13-10-6-3-2-4-7(11)9(6)14-8(10)5-12/h2-4H,1H3. The van der Waals surface area contributed by atoms with Gasteiger partial charge in [0.1, 0.15) is 10.9 Å². The van der Waals surface area contributed by atoms with Crippen LogP contribution in [0.2, 0.25) is 0 Å². The fourth-order valence-electron chi connectivity index (χ4n) is 1.34. The van der Waals surface area contributed by atoms with Gasteiger partial charge in [-0.25, -0.2) is 0 Å². The molecule has 0 saturated carbocycles. The van der Waals surface area contributed by atoms with Crippen LogP contribution in [0.25, 0.3) is 10.1 Å². The molecule has 0 N–H and O–H groups in total. The van der Waals surface area contributed by atoms with Crippen molar-refractivity contribution in [1.29, 1.82) is 5.26 Å². The van der Waals surface area contributed by atoms with Gasteiger partial charge < -0.3 is 0 Å². The van der Waals surface area contributed by atoms with Gasteiger partial charge >= 0.3 is 0 Å². The van der Waals surface area contributed by atoms with Gasteiger partial charge in [0.15, 0.2) is 0 Å². The molecule has 1 heterocycles. The summed E-state index contributed by atoms with van der Waals surface area (Å²) < 4.78 is 2.23. The minimum atomic E-state index is 0.805. The molecule has 14 heavy (non-hydrogen) atoms. The van der Waals surface area contributed by atoms with E-state index in [-0.39, 0.29) is 0 Å². The van der Waals surface area contributed by atoms with Crippen LogP contribution in [-0.2, 0) is 0 Å². The van der Waals surface area contributed by atoms with Crippen molar-refractivity contribution in [1.82, 2.24) is 0 Å². The van der Waals surface area contributed by atoms with Crippen LogP contribution in [0.4, 0.5) is 0 Å². The molecule has 0 atom stereocenters. The Kier molecular flexibility index (Phi) is 2.82. The largest absolute Gasteiger partial charge is 0.191 e. The smallest absolute Gasteiger partial charge is 0.119 e. The van der Waals surface area contributed by atoms with E-state index in [1.807, 2.05) is 18.4 Å². The Morgan fingerprint density at radius 2 is 2.29 bits per heavy atom. The first-order chi connectivity index (χ1) is 6.77. The second kappa shape index (κ2) is 3.93. The second-order valence-electron chi connectivity index (χ2n) is 2.69. The molecule has 2 aromatic rings. The van der Waals surface area contributed by atoms with Crippen LogP contribution in [0.3, 0.4) is 0 Å². The third-order valence-corrected chi connectivity index (χ3v) is 4.96. The van der Waals surface area contributed by atoms with Crippen LogP contribution in [0, 0.1) is 11.3 Å². The highest BCUT2D eigenvalue weighted by Gasteiger charge is 2.12. The van der Waals surface area contributed by atoms with Gasteiger partial charge in [-0.1, -0.05) is 12.1 Å². The zero-order valence-electron chi connectivity index (χ0n) is 7.37. The summed E-state index contributed by atoms with van der Waals surface area (Å²) in [6.45, 7) is 0. The molecule has 2 rings (SSSR count). The molecule has 1 aromatic heterocycles. The quantitative estimate of drug-likeness (QED) is 0.731. The van der Waals surface area contributed by atoms with E-state index in [1.165, 1.54) is 5.39 Å². The summed E-state index contributed by atoms with van der Waals surface area (Å²) in [7, 11) is 0. The number of hydrogen-bond acceptors (Lipinski definition) is 3. The van der Waals surface area contributed by atoms with Crippen molar-refractivity contribution >= 4 is 49.1 Å². The third kappa shape index (κ3) is 1.46. The summed E-state index contributed by atoms with van der Waals surface area (Å²) >= 11 is 6.67. The number of fused-ring (bicyclic) bond motifs is 1. The van der Waals surface area contributed by atoms with E-state index in [0.29, 0.717) is 0 Å². The first-order valence-electron chi connectivity index (χ1n) is 3.93. The fourth-order valence-corrected chi connectivity index (χ4v) is 3.91. The highest BCUT2D eigenvalue weighted by atomic mass is 79.9. The van der Waals surface area contributed by atoms with Gasteiger partial charge in [-0.3, -0.25) is 0 Å². The van der Waals surface area contributed by atoms with Gasteiger partial charge in [-0.15, -0.1) is 23.1 Å². The third-order valence-electron chi connectivity index (χ3n) is 1.93. The Labute approximate surface area is 98.9 Å². The maximum atomic E-state index is 8.97. The molecule has 0 aliphatic heterocycles. The van der Waals surface area contributed by atoms with Gasteiger partial charge in [-0.2, -0.15) is 5.26 Å². The van der Waals surface area contributed by atoms with Crippen LogP contribution in [0.5, 0.6) is 0 Å². The van der Waals surface area contributed by atoms with E-state index in [2.05, 4.69) is 28.1 Å². The summed E-state index contributed by atoms with van der Waals surface area (Å²) in [5.41, 5.74) is 0. The van der Waals surface area contributed by atoms with Crippen LogP contribution < -0.4 is 0 Å². The predicted octanol–water partition coefficient (Wildman–Crippen LogP) is 4.26. The van der Waals surface area contributed by atoms with E-state index in [4.69, 9.17) is 5.26 Å². The minimum absolute atomic E-state index is 0.805. The van der Waals surface area contributed by atoms with Crippen LogP contribution in [0.1, 0.15) is 4.88 Å². The number of rotatable bonds is 1. The Morgan fingerprint density at radius 3 is 2.93 bits per heavy atom. The number of nitriles is 1. The average molecular weight is 284 g/mol. The maximum absolute atomic E-state index is 8.97. The molecule has 0 aliphatic rings. The lowest BCUT2D eigenvalue weighted by Crippen LogP contribution is -1.70. The fraction of sp³-hybridized carbons (Fsp3) is 0.100. The second-order valence-corrected chi connectivity index (χ2v) is 5.38. The molecule has 1 aromatic carbocycles. The molecule has 0 radical (unpaired) electrons. The molecule has 70 valence electrons. The number of hydrogen-bond donors (Lipinski definition) is 0. The van der Waals surface area contributed by atoms with E-state index in [9.17, 15) is 0 Å². The molecular weight excluding hydrogens is 278 g/mol. The van der Waals surface area contributed by atoms with Crippen LogP contribution >= 0.6 is 39.0 Å². The Bertz CT molecular complexity index is 525. The monoisotopic (exact) mass is 283 g/mol. The SMILES string of the molecule is CSc1c(C#N)sc2c(Br)cccc12. The number of nitrogens with zero attached hydrogens (tertiary/aromatic N) is 1. The van der Waals surface area contributed by atoms with E-state index < -0.39 is 0 Å². The number of halogens is 1. The highest BCUT2D eigenvalue weighted by Crippen LogP contribution is 2.39. The molecule has 0 amide bonds. The number of thiophene rings is 1. The normalized spacial score (nSPS) is 10.4. The summed E-state index contributed by atoms with van der Waals surface area (Å²) in [6.07, 6.45) is 2.00. The van der Waals surface area contributed by atoms with Crippen molar-refractivity contribution in [3.63, 3.8) is 0 Å². The van der Waals surface area contributed by atoms with Crippen LogP contribution in [0.15, 0.2) is 27.6 Å². The van der Waals surface area contributed by atoms with Gasteiger partial charge in [-0.05, 0) is 28.3 Å². The van der Waals surface area contributed by atoms with E-state index in [1.54, 1.807) is 23.1 Å². The molecule has 0 aliphatic carbocycles. The lowest BCUT2D eigenvalue weighted by molar-refractivity contribution is 1.48. The summed E-state index contributed by atoms with van der Waals surface area (Å²) in [5, 5.41) is 10.1. The summed E-state index contributed by atoms with van der Waals surface area (Å²) in [5.74, 6) is 0. The molecule has 0 unspecified atom stereocenters. The Morgan fingerprint density at radius 1 is 1.50 bits per heavy atom. The molecule has 1 nitrogen and oxygen atoms in total. The topological polar surface area (TPSA) is 23.8 Å². The van der Waals surface area contributed by atoms with Crippen molar-refractivity contribution in [2.24, 2.45) is 0 Å². The van der Waals surface area contributed by atoms with Crippen molar-refractivity contribution in [3.05, 3.63) is 27.5 Å². The first-order valence-corrected chi connectivity index (χ1v) is 6.76. The van der Waals surface area contributed by atoms with Crippen LogP contribution in [-0.4, -0.2) is 6.26 Å². The predicted molar refractivity (Wildman–Crippen MR) is 66.0 cm³/mol. The lowest BCUT2D eigenvalue weighted by Gasteiger charge is -1.94.